The minimum atomic E-state index is -3.34. The van der Waals surface area contributed by atoms with E-state index in [-0.39, 0.29) is 6.04 Å². The molecular formula is C14H30N4O2S. The van der Waals surface area contributed by atoms with Crippen LogP contribution in [0.5, 0.6) is 0 Å². The van der Waals surface area contributed by atoms with Crippen molar-refractivity contribution < 1.29 is 8.42 Å². The van der Waals surface area contributed by atoms with Crippen LogP contribution in [0, 0.1) is 5.92 Å². The van der Waals surface area contributed by atoms with Gasteiger partial charge in [-0.15, -0.1) is 0 Å². The zero-order chi connectivity index (χ0) is 15.5. The maximum Gasteiger partial charge on any atom is 0.282 e. The third kappa shape index (κ3) is 4.16. The lowest BCUT2D eigenvalue weighted by Crippen LogP contribution is -2.57. The highest BCUT2D eigenvalue weighted by Crippen LogP contribution is 2.23. The summed E-state index contributed by atoms with van der Waals surface area (Å²) in [5.74, 6) is 0.622. The Labute approximate surface area is 129 Å². The average Bonchev–Trinajstić information content (AvgIpc) is 2.47. The van der Waals surface area contributed by atoms with Crippen molar-refractivity contribution in [1.82, 2.24) is 13.5 Å². The first-order chi connectivity index (χ1) is 9.95. The van der Waals surface area contributed by atoms with Crippen LogP contribution in [0.2, 0.25) is 0 Å². The fraction of sp³-hybridized carbons (Fsp3) is 1.00. The van der Waals surface area contributed by atoms with E-state index in [0.29, 0.717) is 32.1 Å². The van der Waals surface area contributed by atoms with Crippen LogP contribution in [0.3, 0.4) is 0 Å². The minimum absolute atomic E-state index is 0.0163. The van der Waals surface area contributed by atoms with E-state index < -0.39 is 10.2 Å². The summed E-state index contributed by atoms with van der Waals surface area (Å²) in [6, 6.07) is -0.0163. The van der Waals surface area contributed by atoms with Crippen LogP contribution < -0.4 is 5.73 Å². The Bertz CT molecular complexity index is 419. The molecule has 0 aromatic heterocycles. The van der Waals surface area contributed by atoms with E-state index in [1.165, 1.54) is 0 Å². The van der Waals surface area contributed by atoms with Crippen molar-refractivity contribution in [2.24, 2.45) is 11.7 Å². The molecule has 2 N–H and O–H groups in total. The first kappa shape index (κ1) is 17.1. The van der Waals surface area contributed by atoms with Gasteiger partial charge in [0.25, 0.3) is 10.2 Å². The van der Waals surface area contributed by atoms with Crippen molar-refractivity contribution in [1.29, 1.82) is 0 Å². The lowest BCUT2D eigenvalue weighted by Gasteiger charge is -2.40. The molecule has 2 aliphatic heterocycles. The normalized spacial score (nSPS) is 27.3. The van der Waals surface area contributed by atoms with Crippen molar-refractivity contribution in [3.8, 4) is 0 Å². The third-order valence-corrected chi connectivity index (χ3v) is 6.51. The Morgan fingerprint density at radius 2 is 1.76 bits per heavy atom. The van der Waals surface area contributed by atoms with Crippen LogP contribution in [-0.2, 0) is 10.2 Å². The van der Waals surface area contributed by atoms with Crippen molar-refractivity contribution in [2.45, 2.75) is 39.2 Å². The second-order valence-corrected chi connectivity index (χ2v) is 8.48. The molecule has 0 bridgehead atoms. The highest BCUT2D eigenvalue weighted by atomic mass is 32.2. The van der Waals surface area contributed by atoms with Gasteiger partial charge in [-0.3, -0.25) is 0 Å². The van der Waals surface area contributed by atoms with Crippen LogP contribution in [-0.4, -0.2) is 73.8 Å². The van der Waals surface area contributed by atoms with Crippen molar-refractivity contribution in [2.75, 3.05) is 45.8 Å². The highest BCUT2D eigenvalue weighted by molar-refractivity contribution is 7.86. The summed E-state index contributed by atoms with van der Waals surface area (Å²) < 4.78 is 28.9. The summed E-state index contributed by atoms with van der Waals surface area (Å²) in [4.78, 5) is 2.35. The molecule has 0 aromatic carbocycles. The molecular weight excluding hydrogens is 288 g/mol. The number of hydrogen-bond acceptors (Lipinski definition) is 4. The Morgan fingerprint density at radius 1 is 1.10 bits per heavy atom. The Morgan fingerprint density at radius 3 is 2.33 bits per heavy atom. The van der Waals surface area contributed by atoms with Crippen LogP contribution >= 0.6 is 0 Å². The Hall–Kier alpha value is -0.210. The molecule has 1 atom stereocenters. The summed E-state index contributed by atoms with van der Waals surface area (Å²) in [6.07, 6.45) is 2.92. The van der Waals surface area contributed by atoms with Crippen molar-refractivity contribution in [3.05, 3.63) is 0 Å². The van der Waals surface area contributed by atoms with E-state index in [0.717, 1.165) is 38.9 Å². The van der Waals surface area contributed by atoms with Crippen molar-refractivity contribution in [3.63, 3.8) is 0 Å². The topological polar surface area (TPSA) is 69.9 Å². The van der Waals surface area contributed by atoms with Crippen LogP contribution in [0.4, 0.5) is 0 Å². The lowest BCUT2D eigenvalue weighted by molar-refractivity contribution is 0.158. The minimum Gasteiger partial charge on any atom is -0.329 e. The molecule has 124 valence electrons. The average molecular weight is 318 g/mol. The van der Waals surface area contributed by atoms with E-state index in [4.69, 9.17) is 5.73 Å². The second kappa shape index (κ2) is 7.37. The lowest BCUT2D eigenvalue weighted by atomic mass is 10.1. The summed E-state index contributed by atoms with van der Waals surface area (Å²) in [7, 11) is -3.34. The molecule has 0 amide bonds. The van der Waals surface area contributed by atoms with Gasteiger partial charge in [-0.25, -0.2) is 0 Å². The molecule has 0 aromatic rings. The molecule has 2 rings (SSSR count). The number of nitrogens with zero attached hydrogens (tertiary/aromatic N) is 3. The van der Waals surface area contributed by atoms with Crippen LogP contribution in [0.25, 0.3) is 0 Å². The molecule has 2 fully saturated rings. The zero-order valence-corrected chi connectivity index (χ0v) is 14.2. The fourth-order valence-corrected chi connectivity index (χ4v) is 5.17. The number of piperidine rings is 1. The number of hydrogen-bond donors (Lipinski definition) is 1. The molecule has 0 aliphatic carbocycles. The highest BCUT2D eigenvalue weighted by Gasteiger charge is 2.37. The van der Waals surface area contributed by atoms with Gasteiger partial charge in [-0.1, -0.05) is 20.3 Å². The summed E-state index contributed by atoms with van der Waals surface area (Å²) in [5.41, 5.74) is 5.76. The maximum atomic E-state index is 12.8. The van der Waals surface area contributed by atoms with Gasteiger partial charge in [0.05, 0.1) is 0 Å². The Balaban J connectivity index is 1.97. The number of rotatable bonds is 5. The zero-order valence-electron chi connectivity index (χ0n) is 13.4. The van der Waals surface area contributed by atoms with Gasteiger partial charge >= 0.3 is 0 Å². The molecule has 2 aliphatic rings. The van der Waals surface area contributed by atoms with Crippen LogP contribution in [0.15, 0.2) is 0 Å². The molecule has 0 spiro atoms. The van der Waals surface area contributed by atoms with Gasteiger partial charge < -0.3 is 10.6 Å². The summed E-state index contributed by atoms with van der Waals surface area (Å²) in [6.45, 7) is 9.35. The van der Waals surface area contributed by atoms with E-state index in [9.17, 15) is 8.42 Å². The van der Waals surface area contributed by atoms with Gasteiger partial charge in [0, 0.05) is 51.9 Å². The molecule has 1 unspecified atom stereocenters. The van der Waals surface area contributed by atoms with Gasteiger partial charge in [0.1, 0.15) is 0 Å². The summed E-state index contributed by atoms with van der Waals surface area (Å²) >= 11 is 0. The second-order valence-electron chi connectivity index (χ2n) is 6.60. The number of nitrogens with two attached hydrogens (primary N) is 1. The van der Waals surface area contributed by atoms with Crippen molar-refractivity contribution >= 4 is 10.2 Å². The quantitative estimate of drug-likeness (QED) is 0.792. The van der Waals surface area contributed by atoms with E-state index >= 15 is 0 Å². The van der Waals surface area contributed by atoms with Gasteiger partial charge in [0.15, 0.2) is 0 Å². The van der Waals surface area contributed by atoms with Gasteiger partial charge in [-0.2, -0.15) is 17.0 Å². The fourth-order valence-electron chi connectivity index (χ4n) is 3.32. The molecule has 2 heterocycles. The molecule has 2 saturated heterocycles. The molecule has 7 heteroatoms. The standard InChI is InChI=1S/C14H30N4O2S/c1-13(2)12-16-7-9-17(10-8-16)21(19,20)18-6-4-3-5-14(18)11-15/h13-14H,3-12,15H2,1-2H3. The monoisotopic (exact) mass is 318 g/mol. The molecule has 6 nitrogen and oxygen atoms in total. The first-order valence-electron chi connectivity index (χ1n) is 8.14. The van der Waals surface area contributed by atoms with E-state index in [2.05, 4.69) is 18.7 Å². The number of piperazine rings is 1. The first-order valence-corrected chi connectivity index (χ1v) is 9.54. The Kier molecular flexibility index (Phi) is 6.02. The molecule has 0 saturated carbocycles. The van der Waals surface area contributed by atoms with Gasteiger partial charge in [-0.05, 0) is 18.8 Å². The third-order valence-electron chi connectivity index (χ3n) is 4.42. The van der Waals surface area contributed by atoms with E-state index in [1.54, 1.807) is 8.61 Å². The largest absolute Gasteiger partial charge is 0.329 e. The maximum absolute atomic E-state index is 12.8. The molecule has 21 heavy (non-hydrogen) atoms. The predicted octanol–water partition coefficient (Wildman–Crippen LogP) is 0.318. The SMILES string of the molecule is CC(C)CN1CCN(S(=O)(=O)N2CCCCC2CN)CC1. The summed E-state index contributed by atoms with van der Waals surface area (Å²) in [5, 5.41) is 0. The smallest absolute Gasteiger partial charge is 0.282 e. The van der Waals surface area contributed by atoms with Gasteiger partial charge in [0.2, 0.25) is 0 Å². The predicted molar refractivity (Wildman–Crippen MR) is 85.2 cm³/mol. The molecule has 0 radical (unpaired) electrons. The van der Waals surface area contributed by atoms with E-state index in [1.807, 2.05) is 0 Å². The van der Waals surface area contributed by atoms with Crippen LogP contribution in [0.1, 0.15) is 33.1 Å².